The number of nitrogens with one attached hydrogen (secondary N) is 2. The van der Waals surface area contributed by atoms with Crippen molar-refractivity contribution in [1.82, 2.24) is 20.2 Å². The number of rotatable bonds is 3. The lowest BCUT2D eigenvalue weighted by Gasteiger charge is -2.27. The number of hydrazine groups is 1. The summed E-state index contributed by atoms with van der Waals surface area (Å²) < 4.78 is 0. The molecule has 1 amide bonds. The summed E-state index contributed by atoms with van der Waals surface area (Å²) in [5.41, 5.74) is 11.6. The van der Waals surface area contributed by atoms with E-state index in [4.69, 9.17) is 11.6 Å². The third-order valence-corrected chi connectivity index (χ3v) is 4.72. The summed E-state index contributed by atoms with van der Waals surface area (Å²) in [4.78, 5) is 22.8. The summed E-state index contributed by atoms with van der Waals surface area (Å²) >= 11 is 0. The number of aromatic nitrogens is 2. The standard InChI is InChI=1S/C19H21N7O/c20-19-23-16-6-5-14(11-15(16)17(24-19)25-21)12-1-3-13(4-2-12)18(27)26-9-7-22-8-10-26/h1-6,11,22H,7-10,21H2,(H3,20,23,24,25). The van der Waals surface area contributed by atoms with Crippen molar-refractivity contribution in [3.63, 3.8) is 0 Å². The number of amides is 1. The molecular formula is C19H21N7O. The Kier molecular flexibility index (Phi) is 4.57. The topological polar surface area (TPSA) is 122 Å². The van der Waals surface area contributed by atoms with Gasteiger partial charge in [0.15, 0.2) is 5.82 Å². The van der Waals surface area contributed by atoms with Gasteiger partial charge in [0.1, 0.15) is 0 Å². The number of hydrogen-bond acceptors (Lipinski definition) is 7. The van der Waals surface area contributed by atoms with Crippen molar-refractivity contribution >= 4 is 28.6 Å². The molecule has 2 heterocycles. The van der Waals surface area contributed by atoms with Crippen molar-refractivity contribution in [1.29, 1.82) is 0 Å². The molecule has 0 bridgehead atoms. The SMILES string of the molecule is NNc1nc(N)nc2ccc(-c3ccc(C(=O)N4CCNCC4)cc3)cc12. The van der Waals surface area contributed by atoms with Gasteiger partial charge in [0.2, 0.25) is 5.95 Å². The van der Waals surface area contributed by atoms with Crippen LogP contribution in [0.2, 0.25) is 0 Å². The molecule has 0 saturated carbocycles. The molecule has 1 fully saturated rings. The molecule has 1 aromatic heterocycles. The highest BCUT2D eigenvalue weighted by Crippen LogP contribution is 2.28. The molecule has 0 spiro atoms. The maximum Gasteiger partial charge on any atom is 0.253 e. The molecule has 0 radical (unpaired) electrons. The Bertz CT molecular complexity index is 981. The number of carbonyl (C=O) groups excluding carboxylic acids is 1. The van der Waals surface area contributed by atoms with E-state index in [-0.39, 0.29) is 11.9 Å². The van der Waals surface area contributed by atoms with Crippen molar-refractivity contribution in [2.45, 2.75) is 0 Å². The number of fused-ring (bicyclic) bond motifs is 1. The monoisotopic (exact) mass is 363 g/mol. The predicted octanol–water partition coefficient (Wildman–Crippen LogP) is 1.21. The van der Waals surface area contributed by atoms with Crippen LogP contribution in [0.3, 0.4) is 0 Å². The van der Waals surface area contributed by atoms with Crippen molar-refractivity contribution in [2.75, 3.05) is 37.3 Å². The molecule has 1 aliphatic rings. The highest BCUT2D eigenvalue weighted by molar-refractivity contribution is 5.96. The molecule has 6 N–H and O–H groups in total. The van der Waals surface area contributed by atoms with Crippen LogP contribution in [-0.4, -0.2) is 47.0 Å². The first-order chi connectivity index (χ1) is 13.2. The minimum Gasteiger partial charge on any atom is -0.368 e. The van der Waals surface area contributed by atoms with Gasteiger partial charge in [-0.3, -0.25) is 4.79 Å². The van der Waals surface area contributed by atoms with Crippen LogP contribution in [0, 0.1) is 0 Å². The van der Waals surface area contributed by atoms with Crippen LogP contribution in [-0.2, 0) is 0 Å². The van der Waals surface area contributed by atoms with Crippen LogP contribution >= 0.6 is 0 Å². The lowest BCUT2D eigenvalue weighted by atomic mass is 10.0. The Hall–Kier alpha value is -3.23. The third kappa shape index (κ3) is 3.40. The van der Waals surface area contributed by atoms with Crippen molar-refractivity contribution in [3.8, 4) is 11.1 Å². The van der Waals surface area contributed by atoms with E-state index in [1.165, 1.54) is 0 Å². The second kappa shape index (κ2) is 7.18. The van der Waals surface area contributed by atoms with E-state index in [1.54, 1.807) is 0 Å². The smallest absolute Gasteiger partial charge is 0.253 e. The maximum atomic E-state index is 12.6. The number of benzene rings is 2. The van der Waals surface area contributed by atoms with Gasteiger partial charge in [0, 0.05) is 37.1 Å². The van der Waals surface area contributed by atoms with Crippen LogP contribution in [0.5, 0.6) is 0 Å². The summed E-state index contributed by atoms with van der Waals surface area (Å²) in [7, 11) is 0. The molecule has 0 aliphatic carbocycles. The first-order valence-electron chi connectivity index (χ1n) is 8.80. The van der Waals surface area contributed by atoms with Crippen LogP contribution in [0.15, 0.2) is 42.5 Å². The highest BCUT2D eigenvalue weighted by atomic mass is 16.2. The number of nitrogen functional groups attached to an aromatic ring is 2. The van der Waals surface area contributed by atoms with Gasteiger partial charge < -0.3 is 21.4 Å². The Balaban J connectivity index is 1.63. The van der Waals surface area contributed by atoms with E-state index in [9.17, 15) is 4.79 Å². The molecule has 27 heavy (non-hydrogen) atoms. The van der Waals surface area contributed by atoms with Crippen molar-refractivity contribution in [3.05, 3.63) is 48.0 Å². The molecule has 3 aromatic rings. The molecule has 138 valence electrons. The zero-order chi connectivity index (χ0) is 18.8. The highest BCUT2D eigenvalue weighted by Gasteiger charge is 2.17. The largest absolute Gasteiger partial charge is 0.368 e. The van der Waals surface area contributed by atoms with E-state index in [2.05, 4.69) is 20.7 Å². The normalized spacial score (nSPS) is 14.3. The number of anilines is 2. The summed E-state index contributed by atoms with van der Waals surface area (Å²) in [5.74, 6) is 6.27. The fourth-order valence-corrected chi connectivity index (χ4v) is 3.29. The molecular weight excluding hydrogens is 342 g/mol. The van der Waals surface area contributed by atoms with Gasteiger partial charge in [-0.05, 0) is 35.4 Å². The van der Waals surface area contributed by atoms with Gasteiger partial charge >= 0.3 is 0 Å². The van der Waals surface area contributed by atoms with Crippen LogP contribution in [0.4, 0.5) is 11.8 Å². The van der Waals surface area contributed by atoms with Crippen LogP contribution in [0.1, 0.15) is 10.4 Å². The molecule has 0 unspecified atom stereocenters. The summed E-state index contributed by atoms with van der Waals surface area (Å²) in [5, 5.41) is 4.04. The van der Waals surface area contributed by atoms with E-state index >= 15 is 0 Å². The first kappa shape index (κ1) is 17.2. The predicted molar refractivity (Wildman–Crippen MR) is 106 cm³/mol. The van der Waals surface area contributed by atoms with E-state index < -0.39 is 0 Å². The van der Waals surface area contributed by atoms with E-state index in [0.717, 1.165) is 42.7 Å². The number of nitrogens with zero attached hydrogens (tertiary/aromatic N) is 3. The van der Waals surface area contributed by atoms with Gasteiger partial charge in [-0.2, -0.15) is 4.98 Å². The Labute approximate surface area is 156 Å². The minimum absolute atomic E-state index is 0.0695. The van der Waals surface area contributed by atoms with Gasteiger partial charge in [0.25, 0.3) is 5.91 Å². The molecule has 1 saturated heterocycles. The molecule has 8 heteroatoms. The fraction of sp³-hybridized carbons (Fsp3) is 0.211. The molecule has 1 aliphatic heterocycles. The molecule has 0 atom stereocenters. The lowest BCUT2D eigenvalue weighted by molar-refractivity contribution is 0.0736. The van der Waals surface area contributed by atoms with Gasteiger partial charge in [0.05, 0.1) is 5.52 Å². The van der Waals surface area contributed by atoms with Crippen LogP contribution in [0.25, 0.3) is 22.0 Å². The van der Waals surface area contributed by atoms with E-state index in [1.807, 2.05) is 47.4 Å². The fourth-order valence-electron chi connectivity index (χ4n) is 3.29. The zero-order valence-corrected chi connectivity index (χ0v) is 14.8. The van der Waals surface area contributed by atoms with E-state index in [0.29, 0.717) is 16.9 Å². The second-order valence-corrected chi connectivity index (χ2v) is 6.43. The average molecular weight is 363 g/mol. The summed E-state index contributed by atoms with van der Waals surface area (Å²) in [6.07, 6.45) is 0. The number of piperazine rings is 1. The first-order valence-corrected chi connectivity index (χ1v) is 8.80. The van der Waals surface area contributed by atoms with Crippen LogP contribution < -0.4 is 22.3 Å². The Morgan fingerprint density at radius 3 is 2.44 bits per heavy atom. The summed E-state index contributed by atoms with van der Waals surface area (Å²) in [6.45, 7) is 3.16. The minimum atomic E-state index is 0.0695. The number of nitrogens with two attached hydrogens (primary N) is 2. The molecule has 4 rings (SSSR count). The second-order valence-electron chi connectivity index (χ2n) is 6.43. The molecule has 2 aromatic carbocycles. The van der Waals surface area contributed by atoms with Gasteiger partial charge in [-0.1, -0.05) is 18.2 Å². The Morgan fingerprint density at radius 1 is 1.04 bits per heavy atom. The average Bonchev–Trinajstić information content (AvgIpc) is 2.73. The number of carbonyl (C=O) groups is 1. The van der Waals surface area contributed by atoms with Gasteiger partial charge in [-0.25, -0.2) is 10.8 Å². The van der Waals surface area contributed by atoms with Gasteiger partial charge in [-0.15, -0.1) is 0 Å². The van der Waals surface area contributed by atoms with Crippen molar-refractivity contribution < 1.29 is 4.79 Å². The molecule has 8 nitrogen and oxygen atoms in total. The lowest BCUT2D eigenvalue weighted by Crippen LogP contribution is -2.46. The Morgan fingerprint density at radius 2 is 1.74 bits per heavy atom. The quantitative estimate of drug-likeness (QED) is 0.407. The zero-order valence-electron chi connectivity index (χ0n) is 14.8. The maximum absolute atomic E-state index is 12.6. The third-order valence-electron chi connectivity index (χ3n) is 4.72. The van der Waals surface area contributed by atoms with Crippen molar-refractivity contribution in [2.24, 2.45) is 5.84 Å². The number of hydrogen-bond donors (Lipinski definition) is 4. The summed E-state index contributed by atoms with van der Waals surface area (Å²) in [6, 6.07) is 13.4.